The predicted octanol–water partition coefficient (Wildman–Crippen LogP) is 4.30. The molecule has 0 atom stereocenters. The van der Waals surface area contributed by atoms with E-state index in [1.807, 2.05) is 19.2 Å². The molecule has 19 heavy (non-hydrogen) atoms. The van der Waals surface area contributed by atoms with Crippen molar-refractivity contribution < 1.29 is 4.74 Å². The lowest BCUT2D eigenvalue weighted by molar-refractivity contribution is 0.341. The maximum Gasteiger partial charge on any atom is 0.130 e. The largest absolute Gasteiger partial charge is 0.493 e. The number of hydrogen-bond acceptors (Lipinski definition) is 2. The van der Waals surface area contributed by atoms with Crippen LogP contribution in [0.25, 0.3) is 21.9 Å². The minimum absolute atomic E-state index is 0.657. The maximum atomic E-state index is 5.66. The Bertz CT molecular complexity index is 706. The summed E-state index contributed by atoms with van der Waals surface area (Å²) in [6, 6.07) is 16.7. The van der Waals surface area contributed by atoms with Crippen molar-refractivity contribution in [3.63, 3.8) is 0 Å². The molecule has 2 aromatic carbocycles. The first kappa shape index (κ1) is 11.7. The lowest BCUT2D eigenvalue weighted by Gasteiger charge is -2.10. The minimum Gasteiger partial charge on any atom is -0.493 e. The topological polar surface area (TPSA) is 22.1 Å². The minimum atomic E-state index is 0.657. The lowest BCUT2D eigenvalue weighted by Crippen LogP contribution is -1.94. The fourth-order valence-electron chi connectivity index (χ4n) is 2.24. The Balaban J connectivity index is 2.13. The van der Waals surface area contributed by atoms with Crippen LogP contribution < -0.4 is 4.74 Å². The fraction of sp³-hybridized carbons (Fsp3) is 0.118. The Morgan fingerprint density at radius 2 is 1.84 bits per heavy atom. The van der Waals surface area contributed by atoms with E-state index in [9.17, 15) is 0 Å². The molecule has 0 bridgehead atoms. The van der Waals surface area contributed by atoms with Crippen molar-refractivity contribution in [3.05, 3.63) is 60.9 Å². The van der Waals surface area contributed by atoms with Gasteiger partial charge in [-0.1, -0.05) is 36.4 Å². The van der Waals surface area contributed by atoms with Gasteiger partial charge in [0.15, 0.2) is 0 Å². The number of nitrogens with zero attached hydrogens (tertiary/aromatic N) is 1. The number of rotatable bonds is 3. The third kappa shape index (κ3) is 2.29. The van der Waals surface area contributed by atoms with Crippen molar-refractivity contribution in [2.45, 2.75) is 6.92 Å². The van der Waals surface area contributed by atoms with E-state index in [0.29, 0.717) is 6.61 Å². The molecular formula is C17H15NO. The Labute approximate surface area is 112 Å². The molecule has 0 radical (unpaired) electrons. The maximum absolute atomic E-state index is 5.66. The fourth-order valence-corrected chi connectivity index (χ4v) is 2.24. The SMILES string of the molecule is CCOc1ccncc1-c1ccc2ccccc2c1. The summed E-state index contributed by atoms with van der Waals surface area (Å²) < 4.78 is 5.66. The molecule has 0 saturated carbocycles. The second-order valence-electron chi connectivity index (χ2n) is 4.37. The smallest absolute Gasteiger partial charge is 0.130 e. The van der Waals surface area contributed by atoms with E-state index in [4.69, 9.17) is 4.74 Å². The quantitative estimate of drug-likeness (QED) is 0.690. The zero-order valence-electron chi connectivity index (χ0n) is 10.8. The normalized spacial score (nSPS) is 10.6. The van der Waals surface area contributed by atoms with Crippen LogP contribution in [0.15, 0.2) is 60.9 Å². The van der Waals surface area contributed by atoms with Crippen molar-refractivity contribution in [1.29, 1.82) is 0 Å². The van der Waals surface area contributed by atoms with Crippen LogP contribution in [0.2, 0.25) is 0 Å². The van der Waals surface area contributed by atoms with Crippen molar-refractivity contribution in [3.8, 4) is 16.9 Å². The van der Waals surface area contributed by atoms with Crippen LogP contribution >= 0.6 is 0 Å². The van der Waals surface area contributed by atoms with Crippen LogP contribution in [0.4, 0.5) is 0 Å². The molecule has 0 aliphatic carbocycles. The third-order valence-corrected chi connectivity index (χ3v) is 3.14. The summed E-state index contributed by atoms with van der Waals surface area (Å²) in [5.41, 5.74) is 2.17. The number of fused-ring (bicyclic) bond motifs is 1. The van der Waals surface area contributed by atoms with Gasteiger partial charge < -0.3 is 4.74 Å². The van der Waals surface area contributed by atoms with Gasteiger partial charge in [-0.05, 0) is 35.4 Å². The van der Waals surface area contributed by atoms with Crippen molar-refractivity contribution in [1.82, 2.24) is 4.98 Å². The van der Waals surface area contributed by atoms with E-state index >= 15 is 0 Å². The average molecular weight is 249 g/mol. The molecule has 0 N–H and O–H groups in total. The van der Waals surface area contributed by atoms with E-state index in [0.717, 1.165) is 16.9 Å². The number of pyridine rings is 1. The van der Waals surface area contributed by atoms with Crippen molar-refractivity contribution >= 4 is 10.8 Å². The highest BCUT2D eigenvalue weighted by Crippen LogP contribution is 2.31. The van der Waals surface area contributed by atoms with Gasteiger partial charge in [0.2, 0.25) is 0 Å². The molecule has 2 heteroatoms. The van der Waals surface area contributed by atoms with E-state index in [1.165, 1.54) is 10.8 Å². The molecule has 3 aromatic rings. The third-order valence-electron chi connectivity index (χ3n) is 3.14. The van der Waals surface area contributed by atoms with Gasteiger partial charge in [0.05, 0.1) is 6.61 Å². The predicted molar refractivity (Wildman–Crippen MR) is 78.3 cm³/mol. The van der Waals surface area contributed by atoms with Crippen LogP contribution in [-0.4, -0.2) is 11.6 Å². The summed E-state index contributed by atoms with van der Waals surface area (Å²) in [7, 11) is 0. The summed E-state index contributed by atoms with van der Waals surface area (Å²) in [5.74, 6) is 0.882. The Hall–Kier alpha value is -2.35. The summed E-state index contributed by atoms with van der Waals surface area (Å²) in [5, 5.41) is 2.47. The Morgan fingerprint density at radius 3 is 2.68 bits per heavy atom. The molecule has 0 fully saturated rings. The second kappa shape index (κ2) is 5.11. The number of aromatic nitrogens is 1. The molecule has 0 saturated heterocycles. The van der Waals surface area contributed by atoms with E-state index in [1.54, 1.807) is 6.20 Å². The molecule has 3 rings (SSSR count). The van der Waals surface area contributed by atoms with Gasteiger partial charge in [0.25, 0.3) is 0 Å². The molecule has 0 aliphatic rings. The van der Waals surface area contributed by atoms with E-state index in [-0.39, 0.29) is 0 Å². The Kier molecular flexibility index (Phi) is 3.15. The number of benzene rings is 2. The van der Waals surface area contributed by atoms with Crippen molar-refractivity contribution in [2.24, 2.45) is 0 Å². The van der Waals surface area contributed by atoms with E-state index in [2.05, 4.69) is 47.4 Å². The second-order valence-corrected chi connectivity index (χ2v) is 4.37. The first-order valence-corrected chi connectivity index (χ1v) is 6.44. The number of ether oxygens (including phenoxy) is 1. The van der Waals surface area contributed by atoms with E-state index < -0.39 is 0 Å². The van der Waals surface area contributed by atoms with Gasteiger partial charge in [-0.2, -0.15) is 0 Å². The standard InChI is InChI=1S/C17H15NO/c1-2-19-17-9-10-18-12-16(17)15-8-7-13-5-3-4-6-14(13)11-15/h3-12H,2H2,1H3. The monoisotopic (exact) mass is 249 g/mol. The van der Waals surface area contributed by atoms with Crippen molar-refractivity contribution in [2.75, 3.05) is 6.61 Å². The average Bonchev–Trinajstić information content (AvgIpc) is 2.48. The molecule has 0 amide bonds. The van der Waals surface area contributed by atoms with Gasteiger partial charge in [-0.15, -0.1) is 0 Å². The molecule has 0 aliphatic heterocycles. The molecule has 1 aromatic heterocycles. The molecule has 2 nitrogen and oxygen atoms in total. The molecule has 0 spiro atoms. The zero-order valence-corrected chi connectivity index (χ0v) is 10.8. The molecule has 1 heterocycles. The summed E-state index contributed by atoms with van der Waals surface area (Å²) in [6.07, 6.45) is 3.62. The first-order chi connectivity index (χ1) is 9.38. The van der Waals surface area contributed by atoms with Crippen LogP contribution in [-0.2, 0) is 0 Å². The van der Waals surface area contributed by atoms with Gasteiger partial charge >= 0.3 is 0 Å². The summed E-state index contributed by atoms with van der Waals surface area (Å²) >= 11 is 0. The molecule has 94 valence electrons. The van der Waals surface area contributed by atoms with Gasteiger partial charge in [0, 0.05) is 18.0 Å². The van der Waals surface area contributed by atoms with Gasteiger partial charge in [-0.3, -0.25) is 4.98 Å². The van der Waals surface area contributed by atoms with Gasteiger partial charge in [-0.25, -0.2) is 0 Å². The van der Waals surface area contributed by atoms with Gasteiger partial charge in [0.1, 0.15) is 5.75 Å². The molecule has 0 unspecified atom stereocenters. The lowest BCUT2D eigenvalue weighted by atomic mass is 10.0. The van der Waals surface area contributed by atoms with Crippen LogP contribution in [0.1, 0.15) is 6.92 Å². The summed E-state index contributed by atoms with van der Waals surface area (Å²) in [6.45, 7) is 2.65. The highest BCUT2D eigenvalue weighted by Gasteiger charge is 2.06. The Morgan fingerprint density at radius 1 is 1.00 bits per heavy atom. The highest BCUT2D eigenvalue weighted by molar-refractivity contribution is 5.88. The zero-order chi connectivity index (χ0) is 13.1. The molecular weight excluding hydrogens is 234 g/mol. The van der Waals surface area contributed by atoms with Crippen LogP contribution in [0.3, 0.4) is 0 Å². The van der Waals surface area contributed by atoms with Crippen LogP contribution in [0, 0.1) is 0 Å². The van der Waals surface area contributed by atoms with Crippen LogP contribution in [0.5, 0.6) is 5.75 Å². The highest BCUT2D eigenvalue weighted by atomic mass is 16.5. The number of hydrogen-bond donors (Lipinski definition) is 0. The summed E-state index contributed by atoms with van der Waals surface area (Å²) in [4.78, 5) is 4.20. The first-order valence-electron chi connectivity index (χ1n) is 6.44.